The van der Waals surface area contributed by atoms with Gasteiger partial charge in [0.15, 0.2) is 6.29 Å². The molecular formula is C15H24O4. The van der Waals surface area contributed by atoms with E-state index in [0.717, 1.165) is 19.3 Å². The van der Waals surface area contributed by atoms with Gasteiger partial charge in [-0.3, -0.25) is 4.79 Å². The van der Waals surface area contributed by atoms with Crippen LogP contribution < -0.4 is 0 Å². The first-order chi connectivity index (χ1) is 8.94. The van der Waals surface area contributed by atoms with Gasteiger partial charge < -0.3 is 14.6 Å². The van der Waals surface area contributed by atoms with Gasteiger partial charge in [0.25, 0.3) is 0 Å². The molecule has 19 heavy (non-hydrogen) atoms. The predicted octanol–water partition coefficient (Wildman–Crippen LogP) is 1.96. The average Bonchev–Trinajstić information content (AvgIpc) is 3.02. The van der Waals surface area contributed by atoms with Gasteiger partial charge >= 0.3 is 5.97 Å². The molecule has 1 aliphatic heterocycles. The molecule has 0 amide bonds. The van der Waals surface area contributed by atoms with Gasteiger partial charge in [0.05, 0.1) is 18.6 Å². The number of carbonyl (C=O) groups excluding carboxylic acids is 1. The summed E-state index contributed by atoms with van der Waals surface area (Å²) in [5, 5.41) is 10.2. The molecular weight excluding hydrogens is 244 g/mol. The van der Waals surface area contributed by atoms with E-state index in [2.05, 4.69) is 6.92 Å². The second kappa shape index (κ2) is 4.45. The Labute approximate surface area is 114 Å². The molecule has 6 atom stereocenters. The van der Waals surface area contributed by atoms with Crippen LogP contribution in [0.1, 0.15) is 40.0 Å². The van der Waals surface area contributed by atoms with Crippen LogP contribution in [0.5, 0.6) is 0 Å². The summed E-state index contributed by atoms with van der Waals surface area (Å²) in [5.41, 5.74) is -0.219. The number of aliphatic hydroxyl groups is 1. The summed E-state index contributed by atoms with van der Waals surface area (Å²) in [4.78, 5) is 11.7. The minimum atomic E-state index is -0.724. The monoisotopic (exact) mass is 268 g/mol. The van der Waals surface area contributed by atoms with Crippen LogP contribution in [0.3, 0.4) is 0 Å². The Morgan fingerprint density at radius 2 is 2.16 bits per heavy atom. The molecule has 4 nitrogen and oxygen atoms in total. The van der Waals surface area contributed by atoms with Crippen molar-refractivity contribution in [3.05, 3.63) is 0 Å². The molecule has 3 fully saturated rings. The number of rotatable bonds is 4. The van der Waals surface area contributed by atoms with Crippen molar-refractivity contribution in [2.24, 2.45) is 29.1 Å². The Kier molecular flexibility index (Phi) is 3.13. The number of hydrogen-bond acceptors (Lipinski definition) is 4. The SMILES string of the molecule is CCC(C)(C)C(O)OC1CC2CC1C1COC(=O)C21. The summed E-state index contributed by atoms with van der Waals surface area (Å²) in [5.74, 6) is 1.23. The molecule has 0 spiro atoms. The Bertz CT molecular complexity index is 378. The second-order valence-corrected chi connectivity index (χ2v) is 7.08. The molecule has 0 radical (unpaired) electrons. The maximum atomic E-state index is 11.7. The van der Waals surface area contributed by atoms with E-state index in [-0.39, 0.29) is 23.4 Å². The molecule has 0 aromatic rings. The van der Waals surface area contributed by atoms with E-state index in [0.29, 0.717) is 24.4 Å². The zero-order chi connectivity index (χ0) is 13.8. The van der Waals surface area contributed by atoms with Crippen LogP contribution in [0.4, 0.5) is 0 Å². The molecule has 1 heterocycles. The van der Waals surface area contributed by atoms with E-state index in [1.54, 1.807) is 0 Å². The van der Waals surface area contributed by atoms with Crippen LogP contribution in [0.15, 0.2) is 0 Å². The van der Waals surface area contributed by atoms with Crippen LogP contribution in [-0.2, 0) is 14.3 Å². The highest BCUT2D eigenvalue weighted by Crippen LogP contribution is 2.56. The first kappa shape index (κ1) is 13.4. The topological polar surface area (TPSA) is 55.8 Å². The fraction of sp³-hybridized carbons (Fsp3) is 0.933. The maximum absolute atomic E-state index is 11.7. The van der Waals surface area contributed by atoms with Crippen LogP contribution in [0.25, 0.3) is 0 Å². The second-order valence-electron chi connectivity index (χ2n) is 7.08. The van der Waals surface area contributed by atoms with Crippen LogP contribution in [0, 0.1) is 29.1 Å². The summed E-state index contributed by atoms with van der Waals surface area (Å²) in [7, 11) is 0. The van der Waals surface area contributed by atoms with Gasteiger partial charge in [-0.05, 0) is 31.1 Å². The predicted molar refractivity (Wildman–Crippen MR) is 69.1 cm³/mol. The highest BCUT2D eigenvalue weighted by molar-refractivity contribution is 5.76. The Hall–Kier alpha value is -0.610. The Morgan fingerprint density at radius 3 is 2.84 bits per heavy atom. The van der Waals surface area contributed by atoms with E-state index in [1.807, 2.05) is 13.8 Å². The van der Waals surface area contributed by atoms with Gasteiger partial charge in [-0.2, -0.15) is 0 Å². The number of aliphatic hydroxyl groups excluding tert-OH is 1. The lowest BCUT2D eigenvalue weighted by molar-refractivity contribution is -0.206. The molecule has 2 aliphatic carbocycles. The fourth-order valence-electron chi connectivity index (χ4n) is 3.98. The lowest BCUT2D eigenvalue weighted by atomic mass is 9.79. The Balaban J connectivity index is 1.66. The first-order valence-electron chi connectivity index (χ1n) is 7.44. The van der Waals surface area contributed by atoms with Crippen molar-refractivity contribution in [3.8, 4) is 0 Å². The lowest BCUT2D eigenvalue weighted by Gasteiger charge is -2.35. The maximum Gasteiger partial charge on any atom is 0.309 e. The van der Waals surface area contributed by atoms with Gasteiger partial charge in [-0.1, -0.05) is 20.8 Å². The number of esters is 1. The average molecular weight is 268 g/mol. The summed E-state index contributed by atoms with van der Waals surface area (Å²) >= 11 is 0. The quantitative estimate of drug-likeness (QED) is 0.625. The number of carbonyl (C=O) groups is 1. The number of cyclic esters (lactones) is 1. The normalized spacial score (nSPS) is 42.3. The molecule has 1 saturated heterocycles. The van der Waals surface area contributed by atoms with E-state index < -0.39 is 6.29 Å². The standard InChI is InChI=1S/C15H24O4/c1-4-15(2,3)14(17)19-11-6-8-5-9(11)10-7-18-13(16)12(8)10/h8-12,14,17H,4-7H2,1-3H3. The zero-order valence-corrected chi connectivity index (χ0v) is 12.0. The molecule has 1 N–H and O–H groups in total. The third-order valence-electron chi connectivity index (χ3n) is 5.68. The third-order valence-corrected chi connectivity index (χ3v) is 5.68. The molecule has 0 aromatic heterocycles. The molecule has 108 valence electrons. The molecule has 6 unspecified atom stereocenters. The summed E-state index contributed by atoms with van der Waals surface area (Å²) in [6.07, 6.45) is 2.22. The minimum Gasteiger partial charge on any atom is -0.465 e. The van der Waals surface area contributed by atoms with Crippen molar-refractivity contribution in [1.82, 2.24) is 0 Å². The van der Waals surface area contributed by atoms with Crippen LogP contribution >= 0.6 is 0 Å². The Morgan fingerprint density at radius 1 is 1.42 bits per heavy atom. The summed E-state index contributed by atoms with van der Waals surface area (Å²) in [6, 6.07) is 0. The highest BCUT2D eigenvalue weighted by atomic mass is 16.6. The molecule has 3 aliphatic rings. The van der Waals surface area contributed by atoms with Crippen molar-refractivity contribution in [1.29, 1.82) is 0 Å². The number of ether oxygens (including phenoxy) is 2. The number of hydrogen-bond donors (Lipinski definition) is 1. The van der Waals surface area contributed by atoms with Gasteiger partial charge in [0, 0.05) is 11.3 Å². The lowest BCUT2D eigenvalue weighted by Crippen LogP contribution is -2.40. The van der Waals surface area contributed by atoms with Crippen molar-refractivity contribution < 1.29 is 19.4 Å². The smallest absolute Gasteiger partial charge is 0.309 e. The van der Waals surface area contributed by atoms with E-state index in [1.165, 1.54) is 0 Å². The zero-order valence-electron chi connectivity index (χ0n) is 12.0. The fourth-order valence-corrected chi connectivity index (χ4v) is 3.98. The summed E-state index contributed by atoms with van der Waals surface area (Å²) in [6.45, 7) is 6.66. The number of fused-ring (bicyclic) bond motifs is 5. The summed E-state index contributed by atoms with van der Waals surface area (Å²) < 4.78 is 11.1. The molecule has 2 bridgehead atoms. The third kappa shape index (κ3) is 2.00. The van der Waals surface area contributed by atoms with Crippen molar-refractivity contribution >= 4 is 5.97 Å². The van der Waals surface area contributed by atoms with Crippen molar-refractivity contribution in [2.75, 3.05) is 6.61 Å². The molecule has 0 aromatic carbocycles. The van der Waals surface area contributed by atoms with Gasteiger partial charge in [-0.15, -0.1) is 0 Å². The van der Waals surface area contributed by atoms with Crippen LogP contribution in [-0.4, -0.2) is 30.1 Å². The minimum absolute atomic E-state index is 0.00890. The highest BCUT2D eigenvalue weighted by Gasteiger charge is 2.59. The van der Waals surface area contributed by atoms with Crippen molar-refractivity contribution in [3.63, 3.8) is 0 Å². The van der Waals surface area contributed by atoms with Crippen LogP contribution in [0.2, 0.25) is 0 Å². The molecule has 4 heteroatoms. The van der Waals surface area contributed by atoms with Gasteiger partial charge in [-0.25, -0.2) is 0 Å². The van der Waals surface area contributed by atoms with E-state index in [4.69, 9.17) is 9.47 Å². The molecule has 2 saturated carbocycles. The van der Waals surface area contributed by atoms with Gasteiger partial charge in [0.1, 0.15) is 0 Å². The van der Waals surface area contributed by atoms with E-state index >= 15 is 0 Å². The van der Waals surface area contributed by atoms with E-state index in [9.17, 15) is 9.90 Å². The molecule has 3 rings (SSSR count). The van der Waals surface area contributed by atoms with Gasteiger partial charge in [0.2, 0.25) is 0 Å². The van der Waals surface area contributed by atoms with Crippen molar-refractivity contribution in [2.45, 2.75) is 52.4 Å². The largest absolute Gasteiger partial charge is 0.465 e. The first-order valence-corrected chi connectivity index (χ1v) is 7.44.